The minimum Gasteiger partial charge on any atom is -0.497 e. The van der Waals surface area contributed by atoms with Crippen molar-refractivity contribution in [3.05, 3.63) is 53.6 Å². The van der Waals surface area contributed by atoms with Gasteiger partial charge in [-0.2, -0.15) is 0 Å². The molecule has 0 aliphatic rings. The monoisotopic (exact) mass is 284 g/mol. The number of aliphatic hydroxyl groups excluding tert-OH is 1. The summed E-state index contributed by atoms with van der Waals surface area (Å²) < 4.78 is 5.31. The number of ether oxygens (including phenoxy) is 1. The Morgan fingerprint density at radius 2 is 1.76 bits per heavy atom. The summed E-state index contributed by atoms with van der Waals surface area (Å²) in [7, 11) is 1.67. The number of rotatable bonds is 3. The first-order valence-electron chi connectivity index (χ1n) is 7.26. The van der Waals surface area contributed by atoms with Crippen molar-refractivity contribution in [3.63, 3.8) is 0 Å². The van der Waals surface area contributed by atoms with Gasteiger partial charge in [-0.15, -0.1) is 0 Å². The Kier molecular flexibility index (Phi) is 4.38. The summed E-state index contributed by atoms with van der Waals surface area (Å²) in [5.74, 6) is 0.823. The predicted molar refractivity (Wildman–Crippen MR) is 87.6 cm³/mol. The minimum absolute atomic E-state index is 0.207. The fraction of sp³-hybridized carbons (Fsp3) is 0.368. The third-order valence-electron chi connectivity index (χ3n) is 3.70. The van der Waals surface area contributed by atoms with Crippen molar-refractivity contribution in [3.8, 4) is 16.9 Å². The van der Waals surface area contributed by atoms with Crippen molar-refractivity contribution in [1.29, 1.82) is 0 Å². The molecule has 2 rings (SSSR count). The van der Waals surface area contributed by atoms with Gasteiger partial charge in [0.05, 0.1) is 13.2 Å². The fourth-order valence-corrected chi connectivity index (χ4v) is 2.43. The smallest absolute Gasteiger partial charge is 0.119 e. The number of hydrogen-bond acceptors (Lipinski definition) is 2. The van der Waals surface area contributed by atoms with Crippen molar-refractivity contribution in [2.75, 3.05) is 7.11 Å². The SMILES string of the molecule is COc1cccc(-c2ccc(C)cc2C(O)C(C)(C)C)c1. The molecule has 1 atom stereocenters. The van der Waals surface area contributed by atoms with Gasteiger partial charge in [0.1, 0.15) is 5.75 Å². The van der Waals surface area contributed by atoms with E-state index in [2.05, 4.69) is 39.0 Å². The van der Waals surface area contributed by atoms with Crippen molar-refractivity contribution in [1.82, 2.24) is 0 Å². The molecule has 21 heavy (non-hydrogen) atoms. The van der Waals surface area contributed by atoms with Gasteiger partial charge in [-0.05, 0) is 41.2 Å². The molecule has 0 bridgehead atoms. The molecule has 0 fully saturated rings. The van der Waals surface area contributed by atoms with Crippen molar-refractivity contribution in [2.45, 2.75) is 33.8 Å². The van der Waals surface area contributed by atoms with Gasteiger partial charge in [0.25, 0.3) is 0 Å². The van der Waals surface area contributed by atoms with Crippen LogP contribution in [0.4, 0.5) is 0 Å². The average molecular weight is 284 g/mol. The van der Waals surface area contributed by atoms with Crippen LogP contribution in [0.3, 0.4) is 0 Å². The lowest BCUT2D eigenvalue weighted by molar-refractivity contribution is 0.0631. The molecule has 2 nitrogen and oxygen atoms in total. The first kappa shape index (κ1) is 15.6. The molecular formula is C19H24O2. The van der Waals surface area contributed by atoms with Crippen LogP contribution in [0.2, 0.25) is 0 Å². The molecule has 0 saturated carbocycles. The largest absolute Gasteiger partial charge is 0.497 e. The lowest BCUT2D eigenvalue weighted by atomic mass is 9.81. The van der Waals surface area contributed by atoms with E-state index in [9.17, 15) is 5.11 Å². The summed E-state index contributed by atoms with van der Waals surface area (Å²) in [6.07, 6.45) is -0.515. The molecule has 0 radical (unpaired) electrons. The summed E-state index contributed by atoms with van der Waals surface area (Å²) in [4.78, 5) is 0. The zero-order chi connectivity index (χ0) is 15.6. The second kappa shape index (κ2) is 5.90. The van der Waals surface area contributed by atoms with Crippen molar-refractivity contribution < 1.29 is 9.84 Å². The third-order valence-corrected chi connectivity index (χ3v) is 3.70. The second-order valence-corrected chi connectivity index (χ2v) is 6.59. The molecule has 0 spiro atoms. The third kappa shape index (κ3) is 3.45. The fourth-order valence-electron chi connectivity index (χ4n) is 2.43. The van der Waals surface area contributed by atoms with Crippen molar-refractivity contribution in [2.24, 2.45) is 5.41 Å². The molecule has 2 aromatic carbocycles. The van der Waals surface area contributed by atoms with Crippen LogP contribution in [0.15, 0.2) is 42.5 Å². The summed E-state index contributed by atoms with van der Waals surface area (Å²) in [5.41, 5.74) is 4.03. The zero-order valence-corrected chi connectivity index (χ0v) is 13.5. The molecule has 0 aromatic heterocycles. The highest BCUT2D eigenvalue weighted by Gasteiger charge is 2.26. The number of aryl methyl sites for hydroxylation is 1. The summed E-state index contributed by atoms with van der Waals surface area (Å²) >= 11 is 0. The van der Waals surface area contributed by atoms with Gasteiger partial charge < -0.3 is 9.84 Å². The topological polar surface area (TPSA) is 29.5 Å². The quantitative estimate of drug-likeness (QED) is 0.881. The summed E-state index contributed by atoms with van der Waals surface area (Å²) in [6.45, 7) is 8.20. The first-order chi connectivity index (χ1) is 9.82. The Morgan fingerprint density at radius 1 is 1.05 bits per heavy atom. The minimum atomic E-state index is -0.515. The van der Waals surface area contributed by atoms with Crippen LogP contribution in [0, 0.1) is 12.3 Å². The molecule has 1 N–H and O–H groups in total. The summed E-state index contributed by atoms with van der Waals surface area (Å²) in [5, 5.41) is 10.7. The van der Waals surface area contributed by atoms with E-state index in [-0.39, 0.29) is 5.41 Å². The van der Waals surface area contributed by atoms with Gasteiger partial charge in [-0.1, -0.05) is 56.7 Å². The Hall–Kier alpha value is -1.80. The van der Waals surface area contributed by atoms with Gasteiger partial charge in [0.2, 0.25) is 0 Å². The molecule has 1 unspecified atom stereocenters. The summed E-state index contributed by atoms with van der Waals surface area (Å²) in [6, 6.07) is 14.2. The normalized spacial score (nSPS) is 13.0. The molecule has 2 aromatic rings. The first-order valence-corrected chi connectivity index (χ1v) is 7.26. The highest BCUT2D eigenvalue weighted by molar-refractivity contribution is 5.69. The highest BCUT2D eigenvalue weighted by Crippen LogP contribution is 2.39. The maximum atomic E-state index is 10.7. The van der Waals surface area contributed by atoms with E-state index in [1.807, 2.05) is 31.2 Å². The molecule has 0 aliphatic heterocycles. The molecule has 112 valence electrons. The lowest BCUT2D eigenvalue weighted by Gasteiger charge is -2.28. The highest BCUT2D eigenvalue weighted by atomic mass is 16.5. The van der Waals surface area contributed by atoms with E-state index in [4.69, 9.17) is 4.74 Å². The van der Waals surface area contributed by atoms with Gasteiger partial charge in [-0.3, -0.25) is 0 Å². The number of hydrogen-bond donors (Lipinski definition) is 1. The van der Waals surface area contributed by atoms with Crippen LogP contribution in [-0.2, 0) is 0 Å². The van der Waals surface area contributed by atoms with Crippen LogP contribution in [0.25, 0.3) is 11.1 Å². The molecule has 0 saturated heterocycles. The standard InChI is InChI=1S/C19H24O2/c1-13-9-10-16(14-7-6-8-15(12-14)21-5)17(11-13)18(20)19(2,3)4/h6-12,18,20H,1-5H3. The van der Waals surface area contributed by atoms with Crippen LogP contribution in [0.5, 0.6) is 5.75 Å². The molecule has 0 aliphatic carbocycles. The van der Waals surface area contributed by atoms with Gasteiger partial charge in [-0.25, -0.2) is 0 Å². The van der Waals surface area contributed by atoms with Crippen LogP contribution in [0.1, 0.15) is 38.0 Å². The predicted octanol–water partition coefficient (Wildman–Crippen LogP) is 4.75. The van der Waals surface area contributed by atoms with Gasteiger partial charge in [0.15, 0.2) is 0 Å². The molecular weight excluding hydrogens is 260 g/mol. The van der Waals surface area contributed by atoms with E-state index in [1.54, 1.807) is 7.11 Å². The van der Waals surface area contributed by atoms with E-state index < -0.39 is 6.10 Å². The number of benzene rings is 2. The average Bonchev–Trinajstić information content (AvgIpc) is 2.45. The van der Waals surface area contributed by atoms with E-state index in [1.165, 1.54) is 0 Å². The zero-order valence-electron chi connectivity index (χ0n) is 13.5. The lowest BCUT2D eigenvalue weighted by Crippen LogP contribution is -2.18. The maximum absolute atomic E-state index is 10.7. The Labute approximate surface area is 127 Å². The second-order valence-electron chi connectivity index (χ2n) is 6.59. The Balaban J connectivity index is 2.58. The van der Waals surface area contributed by atoms with Crippen molar-refractivity contribution >= 4 is 0 Å². The van der Waals surface area contributed by atoms with Crippen LogP contribution >= 0.6 is 0 Å². The maximum Gasteiger partial charge on any atom is 0.119 e. The van der Waals surface area contributed by atoms with E-state index in [0.717, 1.165) is 28.0 Å². The Morgan fingerprint density at radius 3 is 2.38 bits per heavy atom. The van der Waals surface area contributed by atoms with E-state index >= 15 is 0 Å². The van der Waals surface area contributed by atoms with Crippen LogP contribution < -0.4 is 4.74 Å². The number of methoxy groups -OCH3 is 1. The molecule has 0 heterocycles. The van der Waals surface area contributed by atoms with Gasteiger partial charge >= 0.3 is 0 Å². The Bertz CT molecular complexity index is 624. The number of aliphatic hydroxyl groups is 1. The molecule has 0 amide bonds. The van der Waals surface area contributed by atoms with E-state index in [0.29, 0.717) is 0 Å². The van der Waals surface area contributed by atoms with Gasteiger partial charge in [0, 0.05) is 0 Å². The van der Waals surface area contributed by atoms with Crippen LogP contribution in [-0.4, -0.2) is 12.2 Å². The molecule has 2 heteroatoms.